The third-order valence-corrected chi connectivity index (χ3v) is 7.41. The van der Waals surface area contributed by atoms with E-state index in [1.807, 2.05) is 0 Å². The molecule has 1 unspecified atom stereocenters. The molecule has 4 heteroatoms. The van der Waals surface area contributed by atoms with Crippen LogP contribution < -0.4 is 5.73 Å². The smallest absolute Gasteiger partial charge is 0.117 e. The molecule has 0 saturated heterocycles. The van der Waals surface area contributed by atoms with Crippen LogP contribution in [0.15, 0.2) is 58.8 Å². The first-order valence-electron chi connectivity index (χ1n) is 11.5. The summed E-state index contributed by atoms with van der Waals surface area (Å²) >= 11 is 0. The molecule has 1 aromatic carbocycles. The summed E-state index contributed by atoms with van der Waals surface area (Å²) < 4.78 is 0. The van der Waals surface area contributed by atoms with E-state index in [9.17, 15) is 5.11 Å². The van der Waals surface area contributed by atoms with Crippen LogP contribution in [0.3, 0.4) is 0 Å². The van der Waals surface area contributed by atoms with E-state index in [0.29, 0.717) is 12.5 Å². The lowest BCUT2D eigenvalue weighted by molar-refractivity contribution is 0.140. The minimum Gasteiger partial charge on any atom is -0.396 e. The summed E-state index contributed by atoms with van der Waals surface area (Å²) in [5.74, 6) is 0.558. The average Bonchev–Trinajstić information content (AvgIpc) is 3.18. The quantitative estimate of drug-likeness (QED) is 0.497. The summed E-state index contributed by atoms with van der Waals surface area (Å²) in [5.41, 5.74) is 11.6. The number of aryl methyl sites for hydroxylation is 1. The molecule has 0 bridgehead atoms. The Morgan fingerprint density at radius 2 is 2.03 bits per heavy atom. The summed E-state index contributed by atoms with van der Waals surface area (Å²) in [6.45, 7) is 3.15. The van der Waals surface area contributed by atoms with Gasteiger partial charge in [0.25, 0.3) is 0 Å². The van der Waals surface area contributed by atoms with Crippen molar-refractivity contribution in [3.8, 4) is 0 Å². The second-order valence-corrected chi connectivity index (χ2v) is 9.83. The highest BCUT2D eigenvalue weighted by molar-refractivity contribution is 5.89. The molecule has 3 N–H and O–H groups in total. The molecule has 0 heterocycles. The van der Waals surface area contributed by atoms with Gasteiger partial charge in [-0.2, -0.15) is 0 Å². The first-order chi connectivity index (χ1) is 14.5. The van der Waals surface area contributed by atoms with Gasteiger partial charge < -0.3 is 15.7 Å². The maximum absolute atomic E-state index is 9.63. The fourth-order valence-electron chi connectivity index (χ4n) is 5.38. The van der Waals surface area contributed by atoms with Gasteiger partial charge in [0.1, 0.15) is 6.61 Å². The Hall–Kier alpha value is -1.91. The van der Waals surface area contributed by atoms with Gasteiger partial charge in [0, 0.05) is 12.0 Å². The van der Waals surface area contributed by atoms with E-state index in [4.69, 9.17) is 10.6 Å². The molecular formula is C26H36N2O2. The molecule has 2 saturated carbocycles. The Bertz CT molecular complexity index is 829. The average molecular weight is 409 g/mol. The van der Waals surface area contributed by atoms with Gasteiger partial charge in [-0.3, -0.25) is 0 Å². The van der Waals surface area contributed by atoms with Gasteiger partial charge in [-0.05, 0) is 79.4 Å². The van der Waals surface area contributed by atoms with Crippen LogP contribution in [0, 0.1) is 11.3 Å². The minimum absolute atomic E-state index is 0.0996. The first kappa shape index (κ1) is 21.3. The number of oxime groups is 1. The second-order valence-electron chi connectivity index (χ2n) is 9.83. The largest absolute Gasteiger partial charge is 0.396 e. The molecule has 2 fully saturated rings. The van der Waals surface area contributed by atoms with Gasteiger partial charge in [0.15, 0.2) is 0 Å². The van der Waals surface area contributed by atoms with E-state index >= 15 is 0 Å². The topological polar surface area (TPSA) is 67.8 Å². The predicted molar refractivity (Wildman–Crippen MR) is 122 cm³/mol. The number of benzene rings is 1. The Labute approximate surface area is 180 Å². The number of allylic oxidation sites excluding steroid dienone is 4. The van der Waals surface area contributed by atoms with Crippen LogP contribution in [-0.2, 0) is 11.3 Å². The van der Waals surface area contributed by atoms with Crippen molar-refractivity contribution < 1.29 is 9.94 Å². The monoisotopic (exact) mass is 408 g/mol. The molecule has 0 radical (unpaired) electrons. The van der Waals surface area contributed by atoms with Gasteiger partial charge in [0.05, 0.1) is 12.3 Å². The molecule has 30 heavy (non-hydrogen) atoms. The van der Waals surface area contributed by atoms with Crippen LogP contribution in [0.4, 0.5) is 0 Å². The van der Waals surface area contributed by atoms with Crippen LogP contribution >= 0.6 is 0 Å². The molecule has 162 valence electrons. The molecule has 0 spiro atoms. The maximum Gasteiger partial charge on any atom is 0.117 e. The van der Waals surface area contributed by atoms with Crippen molar-refractivity contribution in [2.75, 3.05) is 13.2 Å². The van der Waals surface area contributed by atoms with Crippen LogP contribution in [0.2, 0.25) is 0 Å². The van der Waals surface area contributed by atoms with Crippen LogP contribution in [0.5, 0.6) is 0 Å². The number of aliphatic hydroxyl groups is 1. The van der Waals surface area contributed by atoms with Crippen molar-refractivity contribution in [2.45, 2.75) is 70.3 Å². The fourth-order valence-corrected chi connectivity index (χ4v) is 5.38. The lowest BCUT2D eigenvalue weighted by atomic mass is 9.67. The molecule has 3 aliphatic rings. The van der Waals surface area contributed by atoms with Crippen molar-refractivity contribution in [1.82, 2.24) is 0 Å². The number of nitrogens with two attached hydrogens (primary N) is 1. The molecule has 0 aromatic heterocycles. The number of nitrogens with zero attached hydrogens (tertiary/aromatic N) is 1. The number of fused-ring (bicyclic) bond motifs is 1. The van der Waals surface area contributed by atoms with Gasteiger partial charge in [-0.25, -0.2) is 0 Å². The highest BCUT2D eigenvalue weighted by Crippen LogP contribution is 2.50. The molecule has 0 amide bonds. The van der Waals surface area contributed by atoms with Gasteiger partial charge in [-0.1, -0.05) is 54.6 Å². The van der Waals surface area contributed by atoms with E-state index in [-0.39, 0.29) is 17.6 Å². The Balaban J connectivity index is 1.27. The highest BCUT2D eigenvalue weighted by Gasteiger charge is 2.44. The standard InChI is InChI=1S/C26H36N2O2/c1-25(23-12-14-26(27,18-23)19-29)13-11-21-16-24(10-9-22(21)17-25)28-30-15-5-8-20-6-3-2-4-7-20/h2-4,6-7,11,17,23,29H,5,8-10,12-16,18-19,27H2,1H3/b28-24-/t23-,25?,26+/m0/s1. The molecule has 4 rings (SSSR count). The van der Waals surface area contributed by atoms with Crippen molar-refractivity contribution in [1.29, 1.82) is 0 Å². The molecule has 4 nitrogen and oxygen atoms in total. The summed E-state index contributed by atoms with van der Waals surface area (Å²) in [6.07, 6.45) is 14.0. The normalized spacial score (nSPS) is 32.5. The maximum atomic E-state index is 9.63. The van der Waals surface area contributed by atoms with E-state index in [1.165, 1.54) is 22.4 Å². The zero-order valence-corrected chi connectivity index (χ0v) is 18.3. The van der Waals surface area contributed by atoms with Crippen LogP contribution in [0.1, 0.15) is 63.9 Å². The van der Waals surface area contributed by atoms with E-state index in [1.54, 1.807) is 0 Å². The first-order valence-corrected chi connectivity index (χ1v) is 11.5. The van der Waals surface area contributed by atoms with Crippen molar-refractivity contribution in [3.05, 3.63) is 59.2 Å². The Kier molecular flexibility index (Phi) is 6.45. The SMILES string of the molecule is CC1([C@H]2CC[C@](N)(CO)C2)C=C2CC/C(=N/OCCCc3ccccc3)CC2=CC1. The lowest BCUT2D eigenvalue weighted by Crippen LogP contribution is -2.42. The van der Waals surface area contributed by atoms with Gasteiger partial charge >= 0.3 is 0 Å². The van der Waals surface area contributed by atoms with Gasteiger partial charge in [0.2, 0.25) is 0 Å². The number of aliphatic hydroxyl groups excluding tert-OH is 1. The molecule has 1 aromatic rings. The lowest BCUT2D eigenvalue weighted by Gasteiger charge is -2.38. The number of hydrogen-bond donors (Lipinski definition) is 2. The van der Waals surface area contributed by atoms with Crippen LogP contribution in [-0.4, -0.2) is 29.6 Å². The predicted octanol–water partition coefficient (Wildman–Crippen LogP) is 4.93. The summed E-state index contributed by atoms with van der Waals surface area (Å²) in [6, 6.07) is 10.5. The third-order valence-electron chi connectivity index (χ3n) is 7.41. The molecule has 3 aliphatic carbocycles. The highest BCUT2D eigenvalue weighted by atomic mass is 16.6. The number of rotatable bonds is 7. The third kappa shape index (κ3) is 4.87. The van der Waals surface area contributed by atoms with Crippen molar-refractivity contribution in [3.63, 3.8) is 0 Å². The molecule has 0 aliphatic heterocycles. The fraction of sp³-hybridized carbons (Fsp3) is 0.577. The number of hydrogen-bond acceptors (Lipinski definition) is 4. The van der Waals surface area contributed by atoms with Crippen molar-refractivity contribution in [2.24, 2.45) is 22.2 Å². The Morgan fingerprint density at radius 3 is 2.80 bits per heavy atom. The van der Waals surface area contributed by atoms with E-state index in [0.717, 1.165) is 57.8 Å². The summed E-state index contributed by atoms with van der Waals surface area (Å²) in [5, 5.41) is 14.1. The summed E-state index contributed by atoms with van der Waals surface area (Å²) in [7, 11) is 0. The van der Waals surface area contributed by atoms with E-state index < -0.39 is 0 Å². The van der Waals surface area contributed by atoms with Crippen LogP contribution in [0.25, 0.3) is 0 Å². The van der Waals surface area contributed by atoms with Crippen molar-refractivity contribution >= 4 is 5.71 Å². The second kappa shape index (κ2) is 9.07. The van der Waals surface area contributed by atoms with Gasteiger partial charge in [-0.15, -0.1) is 0 Å². The minimum atomic E-state index is -0.375. The molecule has 3 atom stereocenters. The zero-order valence-electron chi connectivity index (χ0n) is 18.3. The Morgan fingerprint density at radius 1 is 1.20 bits per heavy atom. The van der Waals surface area contributed by atoms with E-state index in [2.05, 4.69) is 54.6 Å². The zero-order chi connectivity index (χ0) is 21.0. The molecular weight excluding hydrogens is 372 g/mol. The summed E-state index contributed by atoms with van der Waals surface area (Å²) in [4.78, 5) is 5.64.